The summed E-state index contributed by atoms with van der Waals surface area (Å²) in [5, 5.41) is 10.1. The highest BCUT2D eigenvalue weighted by molar-refractivity contribution is 5.94. The smallest absolute Gasteiger partial charge is 0.407 e. The van der Waals surface area contributed by atoms with E-state index in [0.717, 1.165) is 22.0 Å². The van der Waals surface area contributed by atoms with E-state index < -0.39 is 6.09 Å². The summed E-state index contributed by atoms with van der Waals surface area (Å²) >= 11 is 0. The van der Waals surface area contributed by atoms with Crippen LogP contribution in [0.15, 0.2) is 24.4 Å². The number of H-pyrrole nitrogens is 1. The van der Waals surface area contributed by atoms with Gasteiger partial charge >= 0.3 is 6.09 Å². The first kappa shape index (κ1) is 13.7. The fraction of sp³-hybridized carbons (Fsp3) is 0.312. The molecule has 1 aromatic heterocycles. The number of hydrogen-bond donors (Lipinski definition) is 2. The highest BCUT2D eigenvalue weighted by atomic mass is 19.1. The molecule has 21 heavy (non-hydrogen) atoms. The zero-order chi connectivity index (χ0) is 15.1. The van der Waals surface area contributed by atoms with Crippen LogP contribution in [0.4, 0.5) is 9.18 Å². The maximum Gasteiger partial charge on any atom is 0.407 e. The SMILES string of the molecule is Cc1c(F)ccc2c(C3=CC(C)N(C(=O)O)CC3)c[nH]c12. The minimum atomic E-state index is -0.894. The molecule has 2 heterocycles. The maximum absolute atomic E-state index is 13.6. The zero-order valence-corrected chi connectivity index (χ0v) is 12.0. The summed E-state index contributed by atoms with van der Waals surface area (Å²) < 4.78 is 13.6. The number of carbonyl (C=O) groups is 1. The van der Waals surface area contributed by atoms with Gasteiger partial charge in [0.2, 0.25) is 0 Å². The molecule has 0 radical (unpaired) electrons. The molecule has 5 heteroatoms. The van der Waals surface area contributed by atoms with Crippen molar-refractivity contribution in [3.8, 4) is 0 Å². The largest absolute Gasteiger partial charge is 0.465 e. The van der Waals surface area contributed by atoms with Gasteiger partial charge in [-0.1, -0.05) is 6.08 Å². The number of halogens is 1. The summed E-state index contributed by atoms with van der Waals surface area (Å²) in [5.74, 6) is -0.223. The van der Waals surface area contributed by atoms with Gasteiger partial charge in [0.05, 0.1) is 11.6 Å². The molecule has 4 nitrogen and oxygen atoms in total. The van der Waals surface area contributed by atoms with Crippen LogP contribution in [-0.4, -0.2) is 33.7 Å². The molecule has 1 atom stereocenters. The van der Waals surface area contributed by atoms with Gasteiger partial charge in [-0.25, -0.2) is 9.18 Å². The van der Waals surface area contributed by atoms with Gasteiger partial charge in [-0.05, 0) is 38.0 Å². The van der Waals surface area contributed by atoms with Gasteiger partial charge in [-0.15, -0.1) is 0 Å². The molecule has 0 bridgehead atoms. The van der Waals surface area contributed by atoms with Gasteiger partial charge in [0.1, 0.15) is 5.82 Å². The van der Waals surface area contributed by atoms with E-state index in [-0.39, 0.29) is 11.9 Å². The molecule has 1 aromatic carbocycles. The molecule has 0 saturated heterocycles. The van der Waals surface area contributed by atoms with Crippen LogP contribution in [0.5, 0.6) is 0 Å². The number of nitrogens with one attached hydrogen (secondary N) is 1. The third-order valence-corrected chi connectivity index (χ3v) is 4.20. The Bertz CT molecular complexity index is 748. The van der Waals surface area contributed by atoms with Gasteiger partial charge in [0.25, 0.3) is 0 Å². The summed E-state index contributed by atoms with van der Waals surface area (Å²) in [6.07, 6.45) is 3.63. The van der Waals surface area contributed by atoms with Crippen LogP contribution in [0.1, 0.15) is 24.5 Å². The van der Waals surface area contributed by atoms with Crippen molar-refractivity contribution < 1.29 is 14.3 Å². The number of amides is 1. The third kappa shape index (κ3) is 2.18. The van der Waals surface area contributed by atoms with Crippen LogP contribution < -0.4 is 0 Å². The van der Waals surface area contributed by atoms with E-state index in [0.29, 0.717) is 18.5 Å². The summed E-state index contributed by atoms with van der Waals surface area (Å²) in [6.45, 7) is 4.10. The van der Waals surface area contributed by atoms with Crippen molar-refractivity contribution in [2.75, 3.05) is 6.54 Å². The van der Waals surface area contributed by atoms with Crippen molar-refractivity contribution in [3.63, 3.8) is 0 Å². The van der Waals surface area contributed by atoms with E-state index in [1.807, 2.05) is 19.2 Å². The quantitative estimate of drug-likeness (QED) is 0.839. The van der Waals surface area contributed by atoms with Gasteiger partial charge < -0.3 is 15.0 Å². The summed E-state index contributed by atoms with van der Waals surface area (Å²) in [7, 11) is 0. The predicted octanol–water partition coefficient (Wildman–Crippen LogP) is 3.77. The Hall–Kier alpha value is -2.30. The Labute approximate surface area is 121 Å². The molecular weight excluding hydrogens is 271 g/mol. The highest BCUT2D eigenvalue weighted by Gasteiger charge is 2.24. The Morgan fingerprint density at radius 3 is 2.90 bits per heavy atom. The molecule has 1 aliphatic heterocycles. The fourth-order valence-electron chi connectivity index (χ4n) is 2.99. The lowest BCUT2D eigenvalue weighted by molar-refractivity contribution is 0.136. The average Bonchev–Trinajstić information content (AvgIpc) is 2.87. The average molecular weight is 288 g/mol. The lowest BCUT2D eigenvalue weighted by atomic mass is 9.95. The molecule has 0 saturated carbocycles. The number of nitrogens with zero attached hydrogens (tertiary/aromatic N) is 1. The molecule has 0 fully saturated rings. The minimum absolute atomic E-state index is 0.155. The van der Waals surface area contributed by atoms with Crippen molar-refractivity contribution in [2.45, 2.75) is 26.3 Å². The Morgan fingerprint density at radius 2 is 2.24 bits per heavy atom. The van der Waals surface area contributed by atoms with Crippen LogP contribution in [0.2, 0.25) is 0 Å². The molecular formula is C16H17FN2O2. The first-order chi connectivity index (χ1) is 9.99. The van der Waals surface area contributed by atoms with Gasteiger partial charge in [0, 0.05) is 29.3 Å². The first-order valence-electron chi connectivity index (χ1n) is 6.96. The first-order valence-corrected chi connectivity index (χ1v) is 6.96. The second-order valence-electron chi connectivity index (χ2n) is 5.46. The number of fused-ring (bicyclic) bond motifs is 1. The molecule has 110 valence electrons. The highest BCUT2D eigenvalue weighted by Crippen LogP contribution is 2.32. The van der Waals surface area contributed by atoms with E-state index in [2.05, 4.69) is 4.98 Å². The molecule has 2 N–H and O–H groups in total. The fourth-order valence-corrected chi connectivity index (χ4v) is 2.99. The van der Waals surface area contributed by atoms with Crippen LogP contribution >= 0.6 is 0 Å². The second kappa shape index (κ2) is 4.91. The predicted molar refractivity (Wildman–Crippen MR) is 79.8 cm³/mol. The van der Waals surface area contributed by atoms with Crippen molar-refractivity contribution in [2.24, 2.45) is 0 Å². The van der Waals surface area contributed by atoms with E-state index in [1.165, 1.54) is 11.0 Å². The molecule has 1 amide bonds. The van der Waals surface area contributed by atoms with E-state index in [1.54, 1.807) is 13.0 Å². The number of rotatable bonds is 1. The van der Waals surface area contributed by atoms with Crippen molar-refractivity contribution in [3.05, 3.63) is 41.3 Å². The number of hydrogen-bond acceptors (Lipinski definition) is 1. The Morgan fingerprint density at radius 1 is 1.48 bits per heavy atom. The number of aromatic amines is 1. The van der Waals surface area contributed by atoms with Crippen LogP contribution in [0, 0.1) is 12.7 Å². The maximum atomic E-state index is 13.6. The van der Waals surface area contributed by atoms with Crippen molar-refractivity contribution >= 4 is 22.6 Å². The van der Waals surface area contributed by atoms with E-state index in [9.17, 15) is 9.18 Å². The molecule has 0 aliphatic carbocycles. The van der Waals surface area contributed by atoms with Gasteiger partial charge in [-0.2, -0.15) is 0 Å². The number of benzene rings is 1. The van der Waals surface area contributed by atoms with Gasteiger partial charge in [-0.3, -0.25) is 0 Å². The number of aromatic nitrogens is 1. The Kier molecular flexibility index (Phi) is 3.20. The van der Waals surface area contributed by atoms with E-state index >= 15 is 0 Å². The lowest BCUT2D eigenvalue weighted by Crippen LogP contribution is -2.39. The lowest BCUT2D eigenvalue weighted by Gasteiger charge is -2.29. The standard InChI is InChI=1S/C16H17FN2O2/c1-9-7-11(5-6-19(9)16(20)21)13-8-18-15-10(2)14(17)4-3-12(13)15/h3-4,7-9,18H,5-6H2,1-2H3,(H,20,21). The molecule has 3 rings (SSSR count). The molecule has 2 aromatic rings. The second-order valence-corrected chi connectivity index (χ2v) is 5.46. The monoisotopic (exact) mass is 288 g/mol. The normalized spacial score (nSPS) is 18.9. The van der Waals surface area contributed by atoms with Crippen LogP contribution in [0.25, 0.3) is 16.5 Å². The Balaban J connectivity index is 2.04. The van der Waals surface area contributed by atoms with Crippen LogP contribution in [0.3, 0.4) is 0 Å². The van der Waals surface area contributed by atoms with E-state index in [4.69, 9.17) is 5.11 Å². The minimum Gasteiger partial charge on any atom is -0.465 e. The van der Waals surface area contributed by atoms with Crippen molar-refractivity contribution in [1.82, 2.24) is 9.88 Å². The zero-order valence-electron chi connectivity index (χ0n) is 12.0. The number of aryl methyl sites for hydroxylation is 1. The summed E-state index contributed by atoms with van der Waals surface area (Å²) in [6, 6.07) is 3.10. The van der Waals surface area contributed by atoms with Crippen LogP contribution in [-0.2, 0) is 0 Å². The topological polar surface area (TPSA) is 56.3 Å². The third-order valence-electron chi connectivity index (χ3n) is 4.20. The summed E-state index contributed by atoms with van der Waals surface area (Å²) in [4.78, 5) is 15.7. The van der Waals surface area contributed by atoms with Gasteiger partial charge in [0.15, 0.2) is 0 Å². The molecule has 1 unspecified atom stereocenters. The molecule has 1 aliphatic rings. The van der Waals surface area contributed by atoms with Crippen molar-refractivity contribution in [1.29, 1.82) is 0 Å². The number of carboxylic acid groups (broad SMARTS) is 1. The summed E-state index contributed by atoms with van der Waals surface area (Å²) in [5.41, 5.74) is 3.55. The molecule has 0 spiro atoms.